The third-order valence-corrected chi connectivity index (χ3v) is 4.38. The largest absolute Gasteiger partial charge is 0.497 e. The molecule has 0 aromatic heterocycles. The van der Waals surface area contributed by atoms with Crippen LogP contribution in [0, 0.1) is 5.92 Å². The van der Waals surface area contributed by atoms with Gasteiger partial charge in [0.05, 0.1) is 7.11 Å². The number of halogens is 1. The summed E-state index contributed by atoms with van der Waals surface area (Å²) < 4.78 is 5.17. The molecule has 1 nitrogen and oxygen atoms in total. The lowest BCUT2D eigenvalue weighted by atomic mass is 9.98. The van der Waals surface area contributed by atoms with Crippen molar-refractivity contribution in [3.8, 4) is 5.75 Å². The summed E-state index contributed by atoms with van der Waals surface area (Å²) in [6, 6.07) is 8.43. The number of benzene rings is 1. The lowest BCUT2D eigenvalue weighted by Gasteiger charge is -2.15. The van der Waals surface area contributed by atoms with Crippen LogP contribution in [0.15, 0.2) is 24.3 Å². The molecule has 0 amide bonds. The molecule has 0 N–H and O–H groups in total. The van der Waals surface area contributed by atoms with Gasteiger partial charge in [-0.2, -0.15) is 0 Å². The Balaban J connectivity index is 1.81. The lowest BCUT2D eigenvalue weighted by Crippen LogP contribution is -2.08. The van der Waals surface area contributed by atoms with Crippen LogP contribution in [0.25, 0.3) is 0 Å². The first-order valence-electron chi connectivity index (χ1n) is 6.55. The Labute approximate surface area is 113 Å². The Kier molecular flexibility index (Phi) is 4.90. The van der Waals surface area contributed by atoms with Crippen molar-refractivity contribution in [2.45, 2.75) is 43.4 Å². The van der Waals surface area contributed by atoms with Crippen LogP contribution < -0.4 is 4.74 Å². The number of rotatable bonds is 5. The summed E-state index contributed by atoms with van der Waals surface area (Å²) in [4.78, 5) is 0.624. The van der Waals surface area contributed by atoms with E-state index in [-0.39, 0.29) is 0 Å². The minimum Gasteiger partial charge on any atom is -0.497 e. The Morgan fingerprint density at radius 1 is 1.24 bits per heavy atom. The van der Waals surface area contributed by atoms with Gasteiger partial charge in [0, 0.05) is 4.83 Å². The molecule has 1 aromatic rings. The maximum Gasteiger partial charge on any atom is 0.118 e. The molecule has 0 bridgehead atoms. The smallest absolute Gasteiger partial charge is 0.118 e. The predicted molar refractivity (Wildman–Crippen MR) is 76.0 cm³/mol. The summed E-state index contributed by atoms with van der Waals surface area (Å²) >= 11 is 3.83. The van der Waals surface area contributed by atoms with Crippen LogP contribution in [0.1, 0.15) is 37.7 Å². The van der Waals surface area contributed by atoms with E-state index in [9.17, 15) is 0 Å². The van der Waals surface area contributed by atoms with Gasteiger partial charge >= 0.3 is 0 Å². The van der Waals surface area contributed by atoms with Gasteiger partial charge in [-0.3, -0.25) is 0 Å². The molecule has 2 heteroatoms. The number of ether oxygens (including phenoxy) is 1. The van der Waals surface area contributed by atoms with E-state index >= 15 is 0 Å². The minimum absolute atomic E-state index is 0.624. The molecule has 1 aliphatic rings. The standard InChI is InChI=1S/C15H21BrO/c1-17-15-8-6-13(7-9-15)11-14(16)10-12-4-2-3-5-12/h6-9,12,14H,2-5,10-11H2,1H3. The third kappa shape index (κ3) is 4.02. The summed E-state index contributed by atoms with van der Waals surface area (Å²) in [6.07, 6.45) is 8.20. The highest BCUT2D eigenvalue weighted by Gasteiger charge is 2.18. The van der Waals surface area contributed by atoms with E-state index in [2.05, 4.69) is 28.1 Å². The highest BCUT2D eigenvalue weighted by Crippen LogP contribution is 2.31. The fourth-order valence-electron chi connectivity index (χ4n) is 2.71. The van der Waals surface area contributed by atoms with Gasteiger partial charge < -0.3 is 4.74 Å². The van der Waals surface area contributed by atoms with E-state index in [1.807, 2.05) is 12.1 Å². The number of hydrogen-bond donors (Lipinski definition) is 0. The Bertz CT molecular complexity index is 327. The van der Waals surface area contributed by atoms with Crippen LogP contribution in [-0.2, 0) is 6.42 Å². The zero-order chi connectivity index (χ0) is 12.1. The molecule has 1 atom stereocenters. The molecule has 1 unspecified atom stereocenters. The quantitative estimate of drug-likeness (QED) is 0.723. The molecule has 1 fully saturated rings. The van der Waals surface area contributed by atoms with E-state index in [4.69, 9.17) is 4.74 Å². The van der Waals surface area contributed by atoms with Gasteiger partial charge in [0.15, 0.2) is 0 Å². The van der Waals surface area contributed by atoms with Crippen LogP contribution >= 0.6 is 15.9 Å². The van der Waals surface area contributed by atoms with Crippen molar-refractivity contribution in [2.24, 2.45) is 5.92 Å². The molecule has 1 aliphatic carbocycles. The van der Waals surface area contributed by atoms with Crippen molar-refractivity contribution in [3.63, 3.8) is 0 Å². The molecule has 0 aliphatic heterocycles. The second kappa shape index (κ2) is 6.44. The monoisotopic (exact) mass is 296 g/mol. The van der Waals surface area contributed by atoms with Crippen LogP contribution in [-0.4, -0.2) is 11.9 Å². The van der Waals surface area contributed by atoms with Gasteiger partial charge in [-0.25, -0.2) is 0 Å². The van der Waals surface area contributed by atoms with E-state index in [1.165, 1.54) is 37.7 Å². The molecule has 0 radical (unpaired) electrons. The lowest BCUT2D eigenvalue weighted by molar-refractivity contribution is 0.414. The highest BCUT2D eigenvalue weighted by molar-refractivity contribution is 9.09. The normalized spacial score (nSPS) is 18.2. The van der Waals surface area contributed by atoms with E-state index in [0.717, 1.165) is 18.1 Å². The van der Waals surface area contributed by atoms with Crippen molar-refractivity contribution in [3.05, 3.63) is 29.8 Å². The summed E-state index contributed by atoms with van der Waals surface area (Å²) in [5.74, 6) is 1.90. The Hall–Kier alpha value is -0.500. The molecular weight excluding hydrogens is 276 g/mol. The third-order valence-electron chi connectivity index (χ3n) is 3.68. The molecular formula is C15H21BrO. The molecule has 2 rings (SSSR count). The fraction of sp³-hybridized carbons (Fsp3) is 0.600. The average Bonchev–Trinajstić information content (AvgIpc) is 2.82. The highest BCUT2D eigenvalue weighted by atomic mass is 79.9. The van der Waals surface area contributed by atoms with Gasteiger partial charge in [-0.15, -0.1) is 0 Å². The molecule has 94 valence electrons. The topological polar surface area (TPSA) is 9.23 Å². The SMILES string of the molecule is COc1ccc(CC(Br)CC2CCCC2)cc1. The average molecular weight is 297 g/mol. The van der Waals surface area contributed by atoms with Gasteiger partial charge in [0.1, 0.15) is 5.75 Å². The summed E-state index contributed by atoms with van der Waals surface area (Å²) in [5.41, 5.74) is 1.39. The van der Waals surface area contributed by atoms with Crippen molar-refractivity contribution >= 4 is 15.9 Å². The predicted octanol–water partition coefficient (Wildman–Crippen LogP) is 4.58. The van der Waals surface area contributed by atoms with Crippen molar-refractivity contribution in [1.82, 2.24) is 0 Å². The molecule has 17 heavy (non-hydrogen) atoms. The first-order valence-corrected chi connectivity index (χ1v) is 7.46. The van der Waals surface area contributed by atoms with Crippen molar-refractivity contribution in [2.75, 3.05) is 7.11 Å². The summed E-state index contributed by atoms with van der Waals surface area (Å²) in [7, 11) is 1.71. The van der Waals surface area contributed by atoms with Gasteiger partial charge in [0.25, 0.3) is 0 Å². The molecule has 0 spiro atoms. The Morgan fingerprint density at radius 2 is 1.88 bits per heavy atom. The molecule has 0 heterocycles. The van der Waals surface area contributed by atoms with Crippen molar-refractivity contribution < 1.29 is 4.74 Å². The maximum atomic E-state index is 5.17. The number of methoxy groups -OCH3 is 1. The first-order chi connectivity index (χ1) is 8.28. The van der Waals surface area contributed by atoms with Crippen LogP contribution in [0.5, 0.6) is 5.75 Å². The summed E-state index contributed by atoms with van der Waals surface area (Å²) in [5, 5.41) is 0. The Morgan fingerprint density at radius 3 is 2.47 bits per heavy atom. The van der Waals surface area contributed by atoms with E-state index in [1.54, 1.807) is 7.11 Å². The number of hydrogen-bond acceptors (Lipinski definition) is 1. The molecule has 1 aromatic carbocycles. The zero-order valence-corrected chi connectivity index (χ0v) is 12.1. The van der Waals surface area contributed by atoms with Crippen LogP contribution in [0.2, 0.25) is 0 Å². The van der Waals surface area contributed by atoms with Crippen molar-refractivity contribution in [1.29, 1.82) is 0 Å². The van der Waals surface area contributed by atoms with E-state index < -0.39 is 0 Å². The van der Waals surface area contributed by atoms with Gasteiger partial charge in [-0.05, 0) is 36.5 Å². The van der Waals surface area contributed by atoms with E-state index in [0.29, 0.717) is 4.83 Å². The first kappa shape index (κ1) is 12.9. The maximum absolute atomic E-state index is 5.17. The second-order valence-electron chi connectivity index (χ2n) is 5.04. The van der Waals surface area contributed by atoms with Gasteiger partial charge in [-0.1, -0.05) is 53.7 Å². The minimum atomic E-state index is 0.624. The molecule has 1 saturated carbocycles. The number of alkyl halides is 1. The van der Waals surface area contributed by atoms with Gasteiger partial charge in [0.2, 0.25) is 0 Å². The van der Waals surface area contributed by atoms with Crippen LogP contribution in [0.3, 0.4) is 0 Å². The van der Waals surface area contributed by atoms with Crippen LogP contribution in [0.4, 0.5) is 0 Å². The molecule has 0 saturated heterocycles. The second-order valence-corrected chi connectivity index (χ2v) is 6.33. The zero-order valence-electron chi connectivity index (χ0n) is 10.5. The summed E-state index contributed by atoms with van der Waals surface area (Å²) in [6.45, 7) is 0. The fourth-order valence-corrected chi connectivity index (χ4v) is 3.61.